The van der Waals surface area contributed by atoms with E-state index in [-0.39, 0.29) is 36.4 Å². The Kier molecular flexibility index (Phi) is 6.86. The highest BCUT2D eigenvalue weighted by Gasteiger charge is 2.38. The van der Waals surface area contributed by atoms with Crippen LogP contribution in [0.1, 0.15) is 37.9 Å². The van der Waals surface area contributed by atoms with Gasteiger partial charge in [0, 0.05) is 32.7 Å². The largest absolute Gasteiger partial charge is 0.447 e. The number of carbonyl (C=O) groups is 1. The van der Waals surface area contributed by atoms with Gasteiger partial charge >= 0.3 is 6.09 Å². The van der Waals surface area contributed by atoms with E-state index in [4.69, 9.17) is 4.74 Å². The van der Waals surface area contributed by atoms with Crippen LogP contribution in [0.25, 0.3) is 0 Å². The number of anilines is 2. The number of hydrogen-bond donors (Lipinski definition) is 2. The first-order chi connectivity index (χ1) is 15.4. The van der Waals surface area contributed by atoms with E-state index in [1.54, 1.807) is 0 Å². The number of amides is 1. The molecule has 2 N–H and O–H groups in total. The van der Waals surface area contributed by atoms with Crippen LogP contribution in [-0.2, 0) is 11.3 Å². The Morgan fingerprint density at radius 3 is 2.62 bits per heavy atom. The van der Waals surface area contributed by atoms with Crippen molar-refractivity contribution in [3.05, 3.63) is 47.4 Å². The summed E-state index contributed by atoms with van der Waals surface area (Å²) in [7, 11) is 0. The van der Waals surface area contributed by atoms with Gasteiger partial charge in [0.2, 0.25) is 5.95 Å². The van der Waals surface area contributed by atoms with Crippen molar-refractivity contribution >= 4 is 17.9 Å². The number of benzene rings is 1. The van der Waals surface area contributed by atoms with Crippen molar-refractivity contribution in [2.45, 2.75) is 39.4 Å². The number of nitrogens with zero attached hydrogens (tertiary/aromatic N) is 4. The lowest BCUT2D eigenvalue weighted by molar-refractivity contribution is 0.177. The number of nitrogens with one attached hydrogen (secondary N) is 2. The average Bonchev–Trinajstić information content (AvgIpc) is 3.18. The Bertz CT molecular complexity index is 933. The summed E-state index contributed by atoms with van der Waals surface area (Å²) in [4.78, 5) is 24.3. The molecule has 0 aliphatic carbocycles. The van der Waals surface area contributed by atoms with Gasteiger partial charge < -0.3 is 15.4 Å². The first-order valence-electron chi connectivity index (χ1n) is 11.2. The molecule has 32 heavy (non-hydrogen) atoms. The van der Waals surface area contributed by atoms with Crippen LogP contribution in [0.4, 0.5) is 21.0 Å². The number of rotatable bonds is 7. The Morgan fingerprint density at radius 2 is 1.94 bits per heavy atom. The fourth-order valence-electron chi connectivity index (χ4n) is 4.08. The number of ether oxygens (including phenoxy) is 1. The van der Waals surface area contributed by atoms with Crippen LogP contribution < -0.4 is 15.5 Å². The number of piperazine rings is 1. The van der Waals surface area contributed by atoms with Crippen LogP contribution in [-0.4, -0.2) is 59.8 Å². The monoisotopic (exact) mass is 442 g/mol. The molecule has 1 amide bonds. The van der Waals surface area contributed by atoms with Crippen molar-refractivity contribution < 1.29 is 13.9 Å². The number of hydrogen-bond acceptors (Lipinski definition) is 7. The Morgan fingerprint density at radius 1 is 1.22 bits per heavy atom. The predicted octanol–water partition coefficient (Wildman–Crippen LogP) is 3.18. The standard InChI is InChI=1S/C23H31FN6O2/c1-15(2)20-14-32-23(31)30(20)21-19(24)12-26-22(28-21)27-16(3)18-6-4-17(5-7-18)13-29-10-8-25-9-11-29/h4-7,12,15-16,20,25H,8-11,13-14H2,1-3H3,(H,26,27,28)/t16-,20?/m0/s1. The summed E-state index contributed by atoms with van der Waals surface area (Å²) in [5.74, 6) is -0.334. The third kappa shape index (κ3) is 4.99. The van der Waals surface area contributed by atoms with E-state index in [0.717, 1.165) is 44.5 Å². The zero-order chi connectivity index (χ0) is 22.7. The molecule has 2 aromatic rings. The highest BCUT2D eigenvalue weighted by Crippen LogP contribution is 2.29. The number of cyclic esters (lactones) is 1. The summed E-state index contributed by atoms with van der Waals surface area (Å²) < 4.78 is 19.7. The third-order valence-electron chi connectivity index (χ3n) is 6.07. The lowest BCUT2D eigenvalue weighted by atomic mass is 10.0. The van der Waals surface area contributed by atoms with Crippen molar-refractivity contribution in [2.24, 2.45) is 5.92 Å². The summed E-state index contributed by atoms with van der Waals surface area (Å²) in [6.07, 6.45) is 0.511. The SMILES string of the molecule is CC(C)C1COC(=O)N1c1nc(N[C@@H](C)c2ccc(CN3CCNCC3)cc2)ncc1F. The molecule has 2 atom stereocenters. The summed E-state index contributed by atoms with van der Waals surface area (Å²) in [6.45, 7) is 11.3. The minimum Gasteiger partial charge on any atom is -0.447 e. The van der Waals surface area contributed by atoms with Crippen molar-refractivity contribution in [3.63, 3.8) is 0 Å². The summed E-state index contributed by atoms with van der Waals surface area (Å²) in [5, 5.41) is 6.59. The molecule has 3 heterocycles. The Balaban J connectivity index is 1.44. The molecule has 1 aromatic carbocycles. The molecule has 2 fully saturated rings. The van der Waals surface area contributed by atoms with Gasteiger partial charge in [-0.3, -0.25) is 9.80 Å². The second-order valence-electron chi connectivity index (χ2n) is 8.76. The molecule has 0 spiro atoms. The summed E-state index contributed by atoms with van der Waals surface area (Å²) in [6, 6.07) is 8.10. The van der Waals surface area contributed by atoms with E-state index >= 15 is 0 Å². The first-order valence-corrected chi connectivity index (χ1v) is 11.2. The van der Waals surface area contributed by atoms with Gasteiger partial charge in [-0.2, -0.15) is 4.98 Å². The van der Waals surface area contributed by atoms with Crippen molar-refractivity contribution in [2.75, 3.05) is 43.0 Å². The van der Waals surface area contributed by atoms with Crippen LogP contribution in [0.15, 0.2) is 30.5 Å². The quantitative estimate of drug-likeness (QED) is 0.682. The summed E-state index contributed by atoms with van der Waals surface area (Å²) in [5.41, 5.74) is 2.35. The molecular weight excluding hydrogens is 411 g/mol. The van der Waals surface area contributed by atoms with Crippen LogP contribution in [0.5, 0.6) is 0 Å². The van der Waals surface area contributed by atoms with E-state index in [1.807, 2.05) is 20.8 Å². The molecule has 172 valence electrons. The highest BCUT2D eigenvalue weighted by molar-refractivity contribution is 5.89. The molecule has 0 saturated carbocycles. The number of halogens is 1. The van der Waals surface area contributed by atoms with Gasteiger partial charge in [0.05, 0.1) is 18.3 Å². The van der Waals surface area contributed by atoms with E-state index < -0.39 is 11.9 Å². The van der Waals surface area contributed by atoms with E-state index in [9.17, 15) is 9.18 Å². The lowest BCUT2D eigenvalue weighted by Gasteiger charge is -2.27. The van der Waals surface area contributed by atoms with Crippen LogP contribution in [0.3, 0.4) is 0 Å². The van der Waals surface area contributed by atoms with Crippen molar-refractivity contribution in [3.8, 4) is 0 Å². The second-order valence-corrected chi connectivity index (χ2v) is 8.76. The van der Waals surface area contributed by atoms with Gasteiger partial charge in [-0.15, -0.1) is 0 Å². The first kappa shape index (κ1) is 22.4. The van der Waals surface area contributed by atoms with Gasteiger partial charge in [0.25, 0.3) is 0 Å². The maximum absolute atomic E-state index is 14.5. The fraction of sp³-hybridized carbons (Fsp3) is 0.522. The van der Waals surface area contributed by atoms with Crippen LogP contribution in [0.2, 0.25) is 0 Å². The molecule has 0 radical (unpaired) electrons. The fourth-order valence-corrected chi connectivity index (χ4v) is 4.08. The molecule has 4 rings (SSSR count). The highest BCUT2D eigenvalue weighted by atomic mass is 19.1. The molecule has 8 nitrogen and oxygen atoms in total. The minimum atomic E-state index is -0.648. The molecule has 0 bridgehead atoms. The molecular formula is C23H31FN6O2. The molecule has 1 unspecified atom stereocenters. The maximum Gasteiger partial charge on any atom is 0.416 e. The molecule has 2 saturated heterocycles. The smallest absolute Gasteiger partial charge is 0.416 e. The van der Waals surface area contributed by atoms with Gasteiger partial charge in [0.1, 0.15) is 6.61 Å². The molecule has 9 heteroatoms. The maximum atomic E-state index is 14.5. The predicted molar refractivity (Wildman–Crippen MR) is 121 cm³/mol. The van der Waals surface area contributed by atoms with Gasteiger partial charge in [-0.05, 0) is 24.0 Å². The zero-order valence-electron chi connectivity index (χ0n) is 18.8. The second kappa shape index (κ2) is 9.79. The van der Waals surface area contributed by atoms with Crippen molar-refractivity contribution in [1.82, 2.24) is 20.2 Å². The Labute approximate surface area is 188 Å². The average molecular weight is 443 g/mol. The number of carbonyl (C=O) groups excluding carboxylic acids is 1. The van der Waals surface area contributed by atoms with E-state index in [1.165, 1.54) is 10.5 Å². The van der Waals surface area contributed by atoms with E-state index in [0.29, 0.717) is 0 Å². The van der Waals surface area contributed by atoms with Crippen molar-refractivity contribution in [1.29, 1.82) is 0 Å². The van der Waals surface area contributed by atoms with Gasteiger partial charge in [-0.1, -0.05) is 38.1 Å². The zero-order valence-corrected chi connectivity index (χ0v) is 18.8. The number of aromatic nitrogens is 2. The van der Waals surface area contributed by atoms with Crippen LogP contribution >= 0.6 is 0 Å². The molecule has 1 aromatic heterocycles. The Hall–Kier alpha value is -2.78. The third-order valence-corrected chi connectivity index (χ3v) is 6.07. The molecule has 2 aliphatic rings. The topological polar surface area (TPSA) is 82.6 Å². The minimum absolute atomic E-state index is 0.0535. The van der Waals surface area contributed by atoms with Gasteiger partial charge in [0.15, 0.2) is 11.6 Å². The molecule has 2 aliphatic heterocycles. The van der Waals surface area contributed by atoms with Gasteiger partial charge in [-0.25, -0.2) is 14.2 Å². The summed E-state index contributed by atoms with van der Waals surface area (Å²) >= 11 is 0. The van der Waals surface area contributed by atoms with Crippen LogP contribution in [0, 0.1) is 11.7 Å². The normalized spacial score (nSPS) is 20.5. The lowest BCUT2D eigenvalue weighted by Crippen LogP contribution is -2.42. The van der Waals surface area contributed by atoms with E-state index in [2.05, 4.69) is 49.8 Å².